The largest absolute Gasteiger partial charge is 0.504 e. The molecule has 0 aromatic rings. The van der Waals surface area contributed by atoms with Crippen molar-refractivity contribution < 1.29 is 20.2 Å². The van der Waals surface area contributed by atoms with E-state index in [-0.39, 0.29) is 29.0 Å². The SMILES string of the molecule is CC1=C(O)C(=O)CC1=O.O. The molecule has 0 unspecified atom stereocenters. The average molecular weight is 144 g/mol. The molecule has 3 N–H and O–H groups in total. The predicted octanol–water partition coefficient (Wildman–Crippen LogP) is -0.464. The Morgan fingerprint density at radius 3 is 1.90 bits per heavy atom. The monoisotopic (exact) mass is 144 g/mol. The van der Waals surface area contributed by atoms with Crippen LogP contribution in [0.1, 0.15) is 13.3 Å². The van der Waals surface area contributed by atoms with E-state index in [1.165, 1.54) is 6.92 Å². The Morgan fingerprint density at radius 1 is 1.30 bits per heavy atom. The molecule has 0 radical (unpaired) electrons. The Kier molecular flexibility index (Phi) is 2.31. The maximum Gasteiger partial charge on any atom is 0.205 e. The van der Waals surface area contributed by atoms with Crippen molar-refractivity contribution in [2.75, 3.05) is 0 Å². The Bertz CT molecular complexity index is 192. The van der Waals surface area contributed by atoms with Crippen LogP contribution in [-0.2, 0) is 9.59 Å². The fraction of sp³-hybridized carbons (Fsp3) is 0.333. The molecule has 4 nitrogen and oxygen atoms in total. The van der Waals surface area contributed by atoms with Gasteiger partial charge in [0, 0.05) is 5.57 Å². The van der Waals surface area contributed by atoms with Gasteiger partial charge in [-0.05, 0) is 6.92 Å². The smallest absolute Gasteiger partial charge is 0.205 e. The molecule has 1 rings (SSSR count). The van der Waals surface area contributed by atoms with Gasteiger partial charge in [0.1, 0.15) is 0 Å². The molecule has 0 heterocycles. The summed E-state index contributed by atoms with van der Waals surface area (Å²) in [6.45, 7) is 1.45. The zero-order valence-corrected chi connectivity index (χ0v) is 5.47. The minimum atomic E-state index is -0.461. The number of carbonyl (C=O) groups excluding carboxylic acids is 2. The van der Waals surface area contributed by atoms with Crippen molar-refractivity contribution in [2.45, 2.75) is 13.3 Å². The molecule has 0 atom stereocenters. The molecule has 0 saturated carbocycles. The minimum absolute atomic E-state index is 0. The van der Waals surface area contributed by atoms with Crippen LogP contribution in [0.5, 0.6) is 0 Å². The van der Waals surface area contributed by atoms with Gasteiger partial charge in [0.2, 0.25) is 5.78 Å². The van der Waals surface area contributed by atoms with Crippen LogP contribution < -0.4 is 0 Å². The lowest BCUT2D eigenvalue weighted by atomic mass is 10.2. The number of rotatable bonds is 0. The highest BCUT2D eigenvalue weighted by molar-refractivity contribution is 6.20. The third kappa shape index (κ3) is 1.06. The number of aliphatic hydroxyl groups excluding tert-OH is 1. The van der Waals surface area contributed by atoms with Gasteiger partial charge in [-0.3, -0.25) is 9.59 Å². The molecule has 0 aliphatic heterocycles. The van der Waals surface area contributed by atoms with Gasteiger partial charge >= 0.3 is 0 Å². The normalized spacial score (nSPS) is 17.7. The minimum Gasteiger partial charge on any atom is -0.504 e. The molecule has 1 aliphatic carbocycles. The zero-order chi connectivity index (χ0) is 7.02. The van der Waals surface area contributed by atoms with Crippen molar-refractivity contribution in [3.8, 4) is 0 Å². The molecule has 0 bridgehead atoms. The van der Waals surface area contributed by atoms with Gasteiger partial charge in [0.05, 0.1) is 6.42 Å². The fourth-order valence-corrected chi connectivity index (χ4v) is 0.703. The molecule has 0 aromatic heterocycles. The van der Waals surface area contributed by atoms with E-state index in [1.54, 1.807) is 0 Å². The molecule has 56 valence electrons. The van der Waals surface area contributed by atoms with Gasteiger partial charge in [-0.2, -0.15) is 0 Å². The van der Waals surface area contributed by atoms with Gasteiger partial charge in [-0.1, -0.05) is 0 Å². The summed E-state index contributed by atoms with van der Waals surface area (Å²) in [5, 5.41) is 8.75. The van der Waals surface area contributed by atoms with E-state index < -0.39 is 5.78 Å². The fourth-order valence-electron chi connectivity index (χ4n) is 0.703. The van der Waals surface area contributed by atoms with E-state index in [9.17, 15) is 9.59 Å². The Balaban J connectivity index is 0.000000810. The second-order valence-corrected chi connectivity index (χ2v) is 2.00. The summed E-state index contributed by atoms with van der Waals surface area (Å²) in [5.74, 6) is -1.09. The number of carbonyl (C=O) groups is 2. The van der Waals surface area contributed by atoms with Crippen molar-refractivity contribution in [1.29, 1.82) is 0 Å². The first-order valence-electron chi connectivity index (χ1n) is 2.59. The third-order valence-electron chi connectivity index (χ3n) is 1.36. The zero-order valence-electron chi connectivity index (χ0n) is 5.47. The molecule has 0 saturated heterocycles. The van der Waals surface area contributed by atoms with Crippen molar-refractivity contribution in [1.82, 2.24) is 0 Å². The van der Waals surface area contributed by atoms with E-state index in [0.29, 0.717) is 0 Å². The standard InChI is InChI=1S/C6H6O3.H2O/c1-3-4(7)2-5(8)6(3)9;/h9H,2H2,1H3;1H2. The topological polar surface area (TPSA) is 85.9 Å². The maximum atomic E-state index is 10.6. The first kappa shape index (κ1) is 8.84. The Hall–Kier alpha value is -1.16. The molecule has 0 spiro atoms. The van der Waals surface area contributed by atoms with E-state index >= 15 is 0 Å². The third-order valence-corrected chi connectivity index (χ3v) is 1.36. The lowest BCUT2D eigenvalue weighted by Crippen LogP contribution is -1.95. The quantitative estimate of drug-likeness (QED) is 0.466. The lowest BCUT2D eigenvalue weighted by molar-refractivity contribution is -0.121. The van der Waals surface area contributed by atoms with Crippen LogP contribution in [0.2, 0.25) is 0 Å². The van der Waals surface area contributed by atoms with Gasteiger partial charge in [-0.15, -0.1) is 0 Å². The summed E-state index contributed by atoms with van der Waals surface area (Å²) in [7, 11) is 0. The number of allylic oxidation sites excluding steroid dienone is 2. The highest BCUT2D eigenvalue weighted by Gasteiger charge is 2.26. The van der Waals surface area contributed by atoms with Gasteiger partial charge in [0.25, 0.3) is 0 Å². The number of ketones is 2. The number of aliphatic hydroxyl groups is 1. The Labute approximate surface area is 57.5 Å². The average Bonchev–Trinajstić information content (AvgIpc) is 1.98. The van der Waals surface area contributed by atoms with Gasteiger partial charge in [0.15, 0.2) is 11.5 Å². The maximum absolute atomic E-state index is 10.6. The second kappa shape index (κ2) is 2.62. The summed E-state index contributed by atoms with van der Waals surface area (Å²) in [4.78, 5) is 21.0. The van der Waals surface area contributed by atoms with Crippen LogP contribution >= 0.6 is 0 Å². The van der Waals surface area contributed by atoms with E-state index in [1.807, 2.05) is 0 Å². The van der Waals surface area contributed by atoms with Gasteiger partial charge in [-0.25, -0.2) is 0 Å². The Morgan fingerprint density at radius 2 is 1.80 bits per heavy atom. The van der Waals surface area contributed by atoms with Crippen molar-refractivity contribution in [3.63, 3.8) is 0 Å². The van der Waals surface area contributed by atoms with Crippen LogP contribution in [0.4, 0.5) is 0 Å². The van der Waals surface area contributed by atoms with Crippen LogP contribution in [-0.4, -0.2) is 22.1 Å². The number of hydrogen-bond acceptors (Lipinski definition) is 3. The highest BCUT2D eigenvalue weighted by Crippen LogP contribution is 2.15. The molecular formula is C6H8O4. The van der Waals surface area contributed by atoms with Crippen LogP contribution in [0.25, 0.3) is 0 Å². The van der Waals surface area contributed by atoms with Crippen LogP contribution in [0.15, 0.2) is 11.3 Å². The van der Waals surface area contributed by atoms with E-state index in [2.05, 4.69) is 0 Å². The second-order valence-electron chi connectivity index (χ2n) is 2.00. The predicted molar refractivity (Wildman–Crippen MR) is 33.6 cm³/mol. The summed E-state index contributed by atoms with van der Waals surface area (Å²) in [6, 6.07) is 0. The van der Waals surface area contributed by atoms with Crippen molar-refractivity contribution in [3.05, 3.63) is 11.3 Å². The lowest BCUT2D eigenvalue weighted by Gasteiger charge is -1.84. The first-order chi connectivity index (χ1) is 4.13. The number of Topliss-reactive ketones (excluding diaryl/α,β-unsaturated/α-hetero) is 2. The van der Waals surface area contributed by atoms with Gasteiger partial charge < -0.3 is 10.6 Å². The molecule has 0 amide bonds. The first-order valence-corrected chi connectivity index (χ1v) is 2.59. The summed E-state index contributed by atoms with van der Waals surface area (Å²) in [5.41, 5.74) is 0.194. The van der Waals surface area contributed by atoms with E-state index in [4.69, 9.17) is 5.11 Å². The van der Waals surface area contributed by atoms with Crippen molar-refractivity contribution >= 4 is 11.6 Å². The molecule has 0 aromatic carbocycles. The molecule has 10 heavy (non-hydrogen) atoms. The summed E-state index contributed by atoms with van der Waals surface area (Å²) >= 11 is 0. The molecule has 1 aliphatic rings. The molecular weight excluding hydrogens is 136 g/mol. The van der Waals surface area contributed by atoms with E-state index in [0.717, 1.165) is 0 Å². The summed E-state index contributed by atoms with van der Waals surface area (Å²) in [6.07, 6.45) is -0.155. The highest BCUT2D eigenvalue weighted by atomic mass is 16.3. The molecule has 4 heteroatoms. The van der Waals surface area contributed by atoms with Crippen LogP contribution in [0.3, 0.4) is 0 Å². The van der Waals surface area contributed by atoms with Crippen LogP contribution in [0, 0.1) is 0 Å². The van der Waals surface area contributed by atoms with Crippen molar-refractivity contribution in [2.24, 2.45) is 0 Å². The summed E-state index contributed by atoms with van der Waals surface area (Å²) < 4.78 is 0. The number of hydrogen-bond donors (Lipinski definition) is 1. The molecule has 0 fully saturated rings.